The van der Waals surface area contributed by atoms with E-state index in [1.165, 1.54) is 18.7 Å². The van der Waals surface area contributed by atoms with Crippen LogP contribution in [0.25, 0.3) is 0 Å². The predicted molar refractivity (Wildman–Crippen MR) is 64.2 cm³/mol. The van der Waals surface area contributed by atoms with E-state index in [0.29, 0.717) is 12.0 Å². The van der Waals surface area contributed by atoms with Crippen molar-refractivity contribution in [2.75, 3.05) is 18.0 Å². The summed E-state index contributed by atoms with van der Waals surface area (Å²) in [5.41, 5.74) is 7.47. The van der Waals surface area contributed by atoms with Crippen LogP contribution in [0.2, 0.25) is 0 Å². The Kier molecular flexibility index (Phi) is 2.21. The highest BCUT2D eigenvalue weighted by Gasteiger charge is 2.52. The van der Waals surface area contributed by atoms with Crippen LogP contribution in [0.5, 0.6) is 0 Å². The molecule has 1 aromatic heterocycles. The number of nitrogens with zero attached hydrogens (tertiary/aromatic N) is 3. The van der Waals surface area contributed by atoms with Gasteiger partial charge >= 0.3 is 0 Å². The van der Waals surface area contributed by atoms with E-state index < -0.39 is 0 Å². The minimum atomic E-state index is 0.427. The van der Waals surface area contributed by atoms with Crippen LogP contribution in [-0.4, -0.2) is 28.9 Å². The summed E-state index contributed by atoms with van der Waals surface area (Å²) in [4.78, 5) is 2.44. The van der Waals surface area contributed by atoms with Crippen LogP contribution in [0, 0.1) is 17.8 Å². The summed E-state index contributed by atoms with van der Waals surface area (Å²) >= 11 is 0. The highest BCUT2D eigenvalue weighted by Crippen LogP contribution is 2.47. The molecule has 4 heteroatoms. The highest BCUT2D eigenvalue weighted by molar-refractivity contribution is 5.45. The molecule has 1 saturated carbocycles. The summed E-state index contributed by atoms with van der Waals surface area (Å²) < 4.78 is 1.87. The zero-order chi connectivity index (χ0) is 11.3. The lowest BCUT2D eigenvalue weighted by molar-refractivity contribution is 0.0781. The first-order valence-electron chi connectivity index (χ1n) is 6.20. The van der Waals surface area contributed by atoms with Crippen LogP contribution in [0.4, 0.5) is 5.69 Å². The third kappa shape index (κ3) is 1.29. The van der Waals surface area contributed by atoms with Gasteiger partial charge in [-0.1, -0.05) is 13.3 Å². The van der Waals surface area contributed by atoms with E-state index in [9.17, 15) is 0 Å². The number of anilines is 1. The summed E-state index contributed by atoms with van der Waals surface area (Å²) in [6.45, 7) is 4.55. The summed E-state index contributed by atoms with van der Waals surface area (Å²) in [6.07, 6.45) is 5.28. The molecule has 88 valence electrons. The molecule has 4 atom stereocenters. The Balaban J connectivity index is 1.74. The van der Waals surface area contributed by atoms with Gasteiger partial charge in [-0.2, -0.15) is 5.10 Å². The summed E-state index contributed by atoms with van der Waals surface area (Å²) in [6, 6.07) is 0.427. The second-order valence-corrected chi connectivity index (χ2v) is 5.25. The number of hydrogen-bond donors (Lipinski definition) is 1. The number of nitrogens with two attached hydrogens (primary N) is 1. The molecular weight excluding hydrogens is 200 g/mol. The fourth-order valence-corrected chi connectivity index (χ4v) is 3.53. The van der Waals surface area contributed by atoms with Gasteiger partial charge in [-0.05, 0) is 17.8 Å². The summed E-state index contributed by atoms with van der Waals surface area (Å²) in [5, 5.41) is 4.23. The van der Waals surface area contributed by atoms with Crippen LogP contribution in [-0.2, 0) is 7.05 Å². The van der Waals surface area contributed by atoms with E-state index in [2.05, 4.69) is 23.1 Å². The lowest BCUT2D eigenvalue weighted by Crippen LogP contribution is -2.55. The van der Waals surface area contributed by atoms with Crippen molar-refractivity contribution >= 4 is 5.69 Å². The van der Waals surface area contributed by atoms with Gasteiger partial charge in [0.1, 0.15) is 0 Å². The number of rotatable bonds is 2. The Labute approximate surface area is 96.4 Å². The van der Waals surface area contributed by atoms with Crippen LogP contribution in [0.15, 0.2) is 12.4 Å². The number of fused-ring (bicyclic) bond motifs is 1. The molecule has 1 saturated heterocycles. The maximum absolute atomic E-state index is 6.22. The van der Waals surface area contributed by atoms with Crippen LogP contribution < -0.4 is 10.6 Å². The van der Waals surface area contributed by atoms with E-state index in [0.717, 1.165) is 18.4 Å². The maximum atomic E-state index is 6.22. The van der Waals surface area contributed by atoms with E-state index in [-0.39, 0.29) is 0 Å². The lowest BCUT2D eigenvalue weighted by Gasteiger charge is -2.45. The Morgan fingerprint density at radius 3 is 2.81 bits per heavy atom. The molecule has 3 rings (SSSR count). The molecule has 1 aliphatic carbocycles. The topological polar surface area (TPSA) is 47.1 Å². The van der Waals surface area contributed by atoms with Gasteiger partial charge in [0.05, 0.1) is 11.9 Å². The van der Waals surface area contributed by atoms with Crippen molar-refractivity contribution in [3.8, 4) is 0 Å². The second-order valence-electron chi connectivity index (χ2n) is 5.25. The zero-order valence-corrected chi connectivity index (χ0v) is 10.0. The highest BCUT2D eigenvalue weighted by atomic mass is 15.3. The first kappa shape index (κ1) is 10.1. The molecule has 2 heterocycles. The van der Waals surface area contributed by atoms with Gasteiger partial charge in [-0.3, -0.25) is 4.68 Å². The molecule has 0 aromatic carbocycles. The first-order valence-corrected chi connectivity index (χ1v) is 6.20. The predicted octanol–water partition coefficient (Wildman–Crippen LogP) is 0.840. The molecule has 0 amide bonds. The SMILES string of the molecule is CC[C@@H]1C2CN(c3cnn(C)c3)C[C@H]2[C@@H]1N. The minimum absolute atomic E-state index is 0.427. The molecular formula is C12H20N4. The largest absolute Gasteiger partial charge is 0.368 e. The Morgan fingerprint density at radius 2 is 2.19 bits per heavy atom. The van der Waals surface area contributed by atoms with Crippen LogP contribution >= 0.6 is 0 Å². The molecule has 1 aliphatic heterocycles. The van der Waals surface area contributed by atoms with E-state index in [4.69, 9.17) is 5.73 Å². The Hall–Kier alpha value is -1.03. The van der Waals surface area contributed by atoms with Gasteiger partial charge in [0.15, 0.2) is 0 Å². The summed E-state index contributed by atoms with van der Waals surface area (Å²) in [7, 11) is 1.97. The summed E-state index contributed by atoms with van der Waals surface area (Å²) in [5.74, 6) is 2.28. The fraction of sp³-hybridized carbons (Fsp3) is 0.750. The molecule has 1 unspecified atom stereocenters. The van der Waals surface area contributed by atoms with Gasteiger partial charge in [-0.25, -0.2) is 0 Å². The van der Waals surface area contributed by atoms with Gasteiger partial charge in [0, 0.05) is 32.4 Å². The van der Waals surface area contributed by atoms with Crippen molar-refractivity contribution in [2.24, 2.45) is 30.5 Å². The molecule has 2 fully saturated rings. The van der Waals surface area contributed by atoms with Crippen molar-refractivity contribution in [1.82, 2.24) is 9.78 Å². The average molecular weight is 220 g/mol. The van der Waals surface area contributed by atoms with Gasteiger partial charge < -0.3 is 10.6 Å². The van der Waals surface area contributed by atoms with Crippen LogP contribution in [0.1, 0.15) is 13.3 Å². The normalized spacial score (nSPS) is 37.3. The molecule has 16 heavy (non-hydrogen) atoms. The zero-order valence-electron chi connectivity index (χ0n) is 10.0. The minimum Gasteiger partial charge on any atom is -0.368 e. The number of aromatic nitrogens is 2. The molecule has 2 N–H and O–H groups in total. The first-order chi connectivity index (χ1) is 7.70. The fourth-order valence-electron chi connectivity index (χ4n) is 3.53. The molecule has 4 nitrogen and oxygen atoms in total. The molecule has 0 bridgehead atoms. The van der Waals surface area contributed by atoms with Crippen molar-refractivity contribution in [3.05, 3.63) is 12.4 Å². The van der Waals surface area contributed by atoms with E-state index in [1.54, 1.807) is 0 Å². The standard InChI is InChI=1S/C12H20N4/c1-3-9-10-6-16(7-11(10)12(9)13)8-4-14-15(2)5-8/h4-5,9-12H,3,6-7,13H2,1-2H3/t9-,10?,11-,12-/m1/s1. The molecule has 0 radical (unpaired) electrons. The third-order valence-electron chi connectivity index (χ3n) is 4.48. The van der Waals surface area contributed by atoms with Gasteiger partial charge in [0.25, 0.3) is 0 Å². The third-order valence-corrected chi connectivity index (χ3v) is 4.48. The van der Waals surface area contributed by atoms with E-state index >= 15 is 0 Å². The van der Waals surface area contributed by atoms with Gasteiger partial charge in [0.2, 0.25) is 0 Å². The monoisotopic (exact) mass is 220 g/mol. The number of aryl methyl sites for hydroxylation is 1. The second kappa shape index (κ2) is 3.48. The van der Waals surface area contributed by atoms with E-state index in [1.807, 2.05) is 17.9 Å². The quantitative estimate of drug-likeness (QED) is 0.803. The maximum Gasteiger partial charge on any atom is 0.0752 e. The lowest BCUT2D eigenvalue weighted by atomic mass is 9.62. The van der Waals surface area contributed by atoms with Crippen molar-refractivity contribution < 1.29 is 0 Å². The average Bonchev–Trinajstić information content (AvgIpc) is 2.83. The molecule has 0 spiro atoms. The van der Waals surface area contributed by atoms with Crippen molar-refractivity contribution in [3.63, 3.8) is 0 Å². The van der Waals surface area contributed by atoms with Crippen LogP contribution in [0.3, 0.4) is 0 Å². The number of hydrogen-bond acceptors (Lipinski definition) is 3. The van der Waals surface area contributed by atoms with Gasteiger partial charge in [-0.15, -0.1) is 0 Å². The van der Waals surface area contributed by atoms with Crippen molar-refractivity contribution in [2.45, 2.75) is 19.4 Å². The smallest absolute Gasteiger partial charge is 0.0752 e. The molecule has 2 aliphatic rings. The Bertz CT molecular complexity index is 386. The molecule has 1 aromatic rings. The Morgan fingerprint density at radius 1 is 1.44 bits per heavy atom. The van der Waals surface area contributed by atoms with Crippen molar-refractivity contribution in [1.29, 1.82) is 0 Å².